The lowest BCUT2D eigenvalue weighted by atomic mass is 9.97. The number of nitro groups is 1. The summed E-state index contributed by atoms with van der Waals surface area (Å²) in [7, 11) is 0. The fourth-order valence-corrected chi connectivity index (χ4v) is 1.47. The maximum absolute atomic E-state index is 11.0. The second-order valence-electron chi connectivity index (χ2n) is 4.79. The Labute approximate surface area is 110 Å². The molecule has 0 fully saturated rings. The summed E-state index contributed by atoms with van der Waals surface area (Å²) in [6, 6.07) is 3.99. The van der Waals surface area contributed by atoms with Crippen LogP contribution in [0.5, 0.6) is 0 Å². The average molecular weight is 268 g/mol. The minimum Gasteiger partial charge on any atom is -0.477 e. The number of aliphatic hydroxyl groups is 1. The molecule has 0 amide bonds. The maximum Gasteiger partial charge on any atom is 0.342 e. The van der Waals surface area contributed by atoms with Crippen LogP contribution in [-0.4, -0.2) is 32.7 Å². The maximum atomic E-state index is 11.0. The molecule has 0 aliphatic carbocycles. The summed E-state index contributed by atoms with van der Waals surface area (Å²) >= 11 is 0. The van der Waals surface area contributed by atoms with Gasteiger partial charge in [-0.05, 0) is 32.9 Å². The Morgan fingerprint density at radius 2 is 2.05 bits per heavy atom. The molecule has 0 bridgehead atoms. The first-order valence-corrected chi connectivity index (χ1v) is 5.63. The standard InChI is InChI=1S/C12H16N2O5/c1-7(15)12(2,3)13-9-6-4-5-8(11(16)17)10(9)14(18)19/h4-7,13,15H,1-3H3,(H,16,17). The van der Waals surface area contributed by atoms with Crippen LogP contribution >= 0.6 is 0 Å². The van der Waals surface area contributed by atoms with E-state index in [0.717, 1.165) is 0 Å². The number of para-hydroxylation sites is 1. The van der Waals surface area contributed by atoms with Gasteiger partial charge in [0.2, 0.25) is 0 Å². The van der Waals surface area contributed by atoms with Crippen LogP contribution in [0.4, 0.5) is 11.4 Å². The molecule has 0 aliphatic rings. The van der Waals surface area contributed by atoms with Gasteiger partial charge in [-0.2, -0.15) is 0 Å². The van der Waals surface area contributed by atoms with E-state index in [2.05, 4.69) is 5.32 Å². The van der Waals surface area contributed by atoms with E-state index in [9.17, 15) is 20.0 Å². The lowest BCUT2D eigenvalue weighted by Gasteiger charge is -2.30. The number of hydrogen-bond donors (Lipinski definition) is 3. The third-order valence-electron chi connectivity index (χ3n) is 2.95. The molecule has 7 heteroatoms. The van der Waals surface area contributed by atoms with Gasteiger partial charge in [0.25, 0.3) is 0 Å². The van der Waals surface area contributed by atoms with Crippen molar-refractivity contribution >= 4 is 17.3 Å². The summed E-state index contributed by atoms with van der Waals surface area (Å²) in [4.78, 5) is 21.3. The van der Waals surface area contributed by atoms with Gasteiger partial charge in [0.15, 0.2) is 0 Å². The molecule has 1 aromatic carbocycles. The van der Waals surface area contributed by atoms with E-state index < -0.39 is 33.8 Å². The number of nitro benzene ring substituents is 1. The molecule has 1 rings (SSSR count). The molecular formula is C12H16N2O5. The normalized spacial score (nSPS) is 12.8. The third kappa shape index (κ3) is 3.19. The topological polar surface area (TPSA) is 113 Å². The van der Waals surface area contributed by atoms with E-state index in [1.165, 1.54) is 18.2 Å². The molecule has 0 saturated heterocycles. The van der Waals surface area contributed by atoms with Crippen LogP contribution < -0.4 is 5.32 Å². The van der Waals surface area contributed by atoms with Crippen LogP contribution in [0.1, 0.15) is 31.1 Å². The van der Waals surface area contributed by atoms with Gasteiger partial charge in [-0.1, -0.05) is 6.07 Å². The predicted molar refractivity (Wildman–Crippen MR) is 69.4 cm³/mol. The molecule has 1 unspecified atom stereocenters. The summed E-state index contributed by atoms with van der Waals surface area (Å²) in [6.07, 6.45) is -0.777. The van der Waals surface area contributed by atoms with Crippen LogP contribution in [0.2, 0.25) is 0 Å². The summed E-state index contributed by atoms with van der Waals surface area (Å²) in [6.45, 7) is 4.86. The first-order valence-electron chi connectivity index (χ1n) is 5.63. The number of aromatic carboxylic acids is 1. The van der Waals surface area contributed by atoms with Crippen LogP contribution in [0.15, 0.2) is 18.2 Å². The Morgan fingerprint density at radius 1 is 1.47 bits per heavy atom. The van der Waals surface area contributed by atoms with Crippen LogP contribution in [0.25, 0.3) is 0 Å². The van der Waals surface area contributed by atoms with Gasteiger partial charge in [-0.3, -0.25) is 10.1 Å². The SMILES string of the molecule is CC(O)C(C)(C)Nc1cccc(C(=O)O)c1[N+](=O)[O-]. The molecule has 0 radical (unpaired) electrons. The van der Waals surface area contributed by atoms with Gasteiger partial charge >= 0.3 is 11.7 Å². The Bertz CT molecular complexity index is 511. The number of anilines is 1. The average Bonchev–Trinajstić information content (AvgIpc) is 2.27. The highest BCUT2D eigenvalue weighted by atomic mass is 16.6. The smallest absolute Gasteiger partial charge is 0.342 e. The van der Waals surface area contributed by atoms with E-state index in [1.54, 1.807) is 20.8 Å². The van der Waals surface area contributed by atoms with Gasteiger partial charge in [0.1, 0.15) is 11.3 Å². The molecule has 3 N–H and O–H groups in total. The highest BCUT2D eigenvalue weighted by Crippen LogP contribution is 2.31. The number of aliphatic hydroxyl groups excluding tert-OH is 1. The quantitative estimate of drug-likeness (QED) is 0.555. The van der Waals surface area contributed by atoms with E-state index in [0.29, 0.717) is 0 Å². The number of benzene rings is 1. The van der Waals surface area contributed by atoms with Crippen molar-refractivity contribution in [2.45, 2.75) is 32.4 Å². The monoisotopic (exact) mass is 268 g/mol. The van der Waals surface area contributed by atoms with Crippen molar-refractivity contribution in [2.75, 3.05) is 5.32 Å². The number of carboxylic acid groups (broad SMARTS) is 1. The summed E-state index contributed by atoms with van der Waals surface area (Å²) in [5, 5.41) is 32.4. The van der Waals surface area contributed by atoms with E-state index in [4.69, 9.17) is 5.11 Å². The largest absolute Gasteiger partial charge is 0.477 e. The molecule has 0 aromatic heterocycles. The Morgan fingerprint density at radius 3 is 2.47 bits per heavy atom. The van der Waals surface area contributed by atoms with Crippen molar-refractivity contribution in [2.24, 2.45) is 0 Å². The summed E-state index contributed by atoms with van der Waals surface area (Å²) < 4.78 is 0. The molecular weight excluding hydrogens is 252 g/mol. The second-order valence-corrected chi connectivity index (χ2v) is 4.79. The minimum absolute atomic E-state index is 0.0656. The second kappa shape index (κ2) is 5.23. The number of nitrogens with zero attached hydrogens (tertiary/aromatic N) is 1. The molecule has 0 heterocycles. The van der Waals surface area contributed by atoms with Crippen LogP contribution in [0, 0.1) is 10.1 Å². The number of carbonyl (C=O) groups is 1. The van der Waals surface area contributed by atoms with Crippen molar-refractivity contribution in [1.82, 2.24) is 0 Å². The lowest BCUT2D eigenvalue weighted by molar-refractivity contribution is -0.384. The Hall–Kier alpha value is -2.15. The van der Waals surface area contributed by atoms with E-state index >= 15 is 0 Å². The highest BCUT2D eigenvalue weighted by Gasteiger charge is 2.30. The lowest BCUT2D eigenvalue weighted by Crippen LogP contribution is -2.42. The van der Waals surface area contributed by atoms with Gasteiger partial charge in [-0.25, -0.2) is 4.79 Å². The van der Waals surface area contributed by atoms with E-state index in [1.807, 2.05) is 0 Å². The van der Waals surface area contributed by atoms with Crippen molar-refractivity contribution in [3.63, 3.8) is 0 Å². The first kappa shape index (κ1) is 14.9. The summed E-state index contributed by atoms with van der Waals surface area (Å²) in [5.74, 6) is -1.37. The fourth-order valence-electron chi connectivity index (χ4n) is 1.47. The number of carboxylic acids is 1. The van der Waals surface area contributed by atoms with Gasteiger partial charge in [0.05, 0.1) is 16.6 Å². The zero-order valence-corrected chi connectivity index (χ0v) is 10.9. The van der Waals surface area contributed by atoms with Crippen LogP contribution in [-0.2, 0) is 0 Å². The van der Waals surface area contributed by atoms with Crippen molar-refractivity contribution < 1.29 is 19.9 Å². The molecule has 0 spiro atoms. The van der Waals surface area contributed by atoms with Gasteiger partial charge in [0, 0.05) is 0 Å². The van der Waals surface area contributed by atoms with Crippen molar-refractivity contribution in [1.29, 1.82) is 0 Å². The van der Waals surface area contributed by atoms with Gasteiger partial charge in [-0.15, -0.1) is 0 Å². The number of rotatable bonds is 5. The third-order valence-corrected chi connectivity index (χ3v) is 2.95. The number of nitrogens with one attached hydrogen (secondary N) is 1. The zero-order chi connectivity index (χ0) is 14.8. The molecule has 1 atom stereocenters. The molecule has 0 aliphatic heterocycles. The van der Waals surface area contributed by atoms with Crippen molar-refractivity contribution in [3.05, 3.63) is 33.9 Å². The molecule has 7 nitrogen and oxygen atoms in total. The van der Waals surface area contributed by atoms with Crippen molar-refractivity contribution in [3.8, 4) is 0 Å². The molecule has 0 saturated carbocycles. The van der Waals surface area contributed by atoms with E-state index in [-0.39, 0.29) is 5.69 Å². The zero-order valence-electron chi connectivity index (χ0n) is 10.9. The predicted octanol–water partition coefficient (Wildman–Crippen LogP) is 1.86. The fraction of sp³-hybridized carbons (Fsp3) is 0.417. The van der Waals surface area contributed by atoms with Crippen LogP contribution in [0.3, 0.4) is 0 Å². The molecule has 1 aromatic rings. The number of hydrogen-bond acceptors (Lipinski definition) is 5. The minimum atomic E-state index is -1.37. The highest BCUT2D eigenvalue weighted by molar-refractivity contribution is 5.95. The molecule has 19 heavy (non-hydrogen) atoms. The summed E-state index contributed by atoms with van der Waals surface area (Å²) in [5.41, 5.74) is -1.67. The Balaban J connectivity index is 3.33. The Kier molecular flexibility index (Phi) is 4.10. The first-order chi connectivity index (χ1) is 8.66. The van der Waals surface area contributed by atoms with Gasteiger partial charge < -0.3 is 15.5 Å². The molecule has 104 valence electrons.